The van der Waals surface area contributed by atoms with Crippen LogP contribution >= 0.6 is 0 Å². The van der Waals surface area contributed by atoms with Crippen LogP contribution in [0.15, 0.2) is 30.3 Å². The average molecular weight is 380 g/mol. The number of aromatic nitrogens is 5. The summed E-state index contributed by atoms with van der Waals surface area (Å²) < 4.78 is 5.56. The van der Waals surface area contributed by atoms with Gasteiger partial charge in [-0.25, -0.2) is 0 Å². The highest BCUT2D eigenvalue weighted by Gasteiger charge is 2.22. The summed E-state index contributed by atoms with van der Waals surface area (Å²) in [5, 5.41) is 16.6. The number of benzene rings is 1. The van der Waals surface area contributed by atoms with Gasteiger partial charge in [-0.3, -0.25) is 20.3 Å². The van der Waals surface area contributed by atoms with Gasteiger partial charge in [-0.1, -0.05) is 38.1 Å². The highest BCUT2D eigenvalue weighted by molar-refractivity contribution is 6.02. The van der Waals surface area contributed by atoms with E-state index in [1.54, 1.807) is 6.07 Å². The highest BCUT2D eigenvalue weighted by Crippen LogP contribution is 2.26. The second kappa shape index (κ2) is 7.93. The lowest BCUT2D eigenvalue weighted by Crippen LogP contribution is -2.13. The second-order valence-electron chi connectivity index (χ2n) is 7.46. The van der Waals surface area contributed by atoms with E-state index in [0.717, 1.165) is 37.1 Å². The molecule has 0 spiro atoms. The first-order valence-corrected chi connectivity index (χ1v) is 9.58. The van der Waals surface area contributed by atoms with Crippen LogP contribution in [-0.2, 0) is 11.2 Å². The lowest BCUT2D eigenvalue weighted by Gasteiger charge is -2.05. The number of anilines is 1. The summed E-state index contributed by atoms with van der Waals surface area (Å²) >= 11 is 0. The number of H-pyrrole nitrogens is 2. The molecule has 3 aromatic rings. The lowest BCUT2D eigenvalue weighted by atomic mass is 10.0. The number of ether oxygens (including phenoxy) is 1. The molecule has 1 saturated heterocycles. The Kier molecular flexibility index (Phi) is 5.21. The largest absolute Gasteiger partial charge is 0.370 e. The molecule has 1 aromatic carbocycles. The number of hydrogen-bond acceptors (Lipinski definition) is 5. The first-order valence-electron chi connectivity index (χ1n) is 9.58. The molecule has 28 heavy (non-hydrogen) atoms. The van der Waals surface area contributed by atoms with Gasteiger partial charge >= 0.3 is 0 Å². The quantitative estimate of drug-likeness (QED) is 0.606. The van der Waals surface area contributed by atoms with E-state index in [1.165, 1.54) is 5.56 Å². The predicted octanol–water partition coefficient (Wildman–Crippen LogP) is 3.50. The maximum absolute atomic E-state index is 12.5. The van der Waals surface area contributed by atoms with E-state index in [2.05, 4.69) is 56.7 Å². The van der Waals surface area contributed by atoms with Crippen molar-refractivity contribution < 1.29 is 9.53 Å². The maximum Gasteiger partial charge on any atom is 0.276 e. The van der Waals surface area contributed by atoms with Crippen molar-refractivity contribution in [3.63, 3.8) is 0 Å². The van der Waals surface area contributed by atoms with E-state index in [9.17, 15) is 4.79 Å². The van der Waals surface area contributed by atoms with Gasteiger partial charge in [-0.15, -0.1) is 5.10 Å². The van der Waals surface area contributed by atoms with E-state index in [-0.39, 0.29) is 18.0 Å². The first kappa shape index (κ1) is 18.4. The van der Waals surface area contributed by atoms with Crippen LogP contribution < -0.4 is 5.32 Å². The van der Waals surface area contributed by atoms with Crippen LogP contribution in [-0.4, -0.2) is 37.9 Å². The Morgan fingerprint density at radius 3 is 2.79 bits per heavy atom. The van der Waals surface area contributed by atoms with Crippen molar-refractivity contribution in [1.82, 2.24) is 25.4 Å². The monoisotopic (exact) mass is 380 g/mol. The van der Waals surface area contributed by atoms with Crippen LogP contribution in [0.5, 0.6) is 0 Å². The molecule has 8 nitrogen and oxygen atoms in total. The summed E-state index contributed by atoms with van der Waals surface area (Å²) in [6, 6.07) is 9.98. The molecule has 0 unspecified atom stereocenters. The van der Waals surface area contributed by atoms with E-state index in [4.69, 9.17) is 4.74 Å². The molecule has 0 saturated carbocycles. The third-order valence-electron chi connectivity index (χ3n) is 4.68. The number of hydrogen-bond donors (Lipinski definition) is 3. The zero-order valence-electron chi connectivity index (χ0n) is 16.0. The normalized spacial score (nSPS) is 16.6. The van der Waals surface area contributed by atoms with Crippen molar-refractivity contribution in [2.24, 2.45) is 5.92 Å². The molecular weight excluding hydrogens is 356 g/mol. The number of nitrogens with zero attached hydrogens (tertiary/aromatic N) is 3. The van der Waals surface area contributed by atoms with Crippen LogP contribution in [0, 0.1) is 5.92 Å². The fourth-order valence-electron chi connectivity index (χ4n) is 3.31. The summed E-state index contributed by atoms with van der Waals surface area (Å²) in [5.74, 6) is 1.14. The van der Waals surface area contributed by atoms with E-state index in [0.29, 0.717) is 17.4 Å². The SMILES string of the molecule is CC(C)Cc1ccc(-c2cc(C(=O)Nc3n[nH]c([C@H]4CCCO4)n3)[nH]n2)cc1. The summed E-state index contributed by atoms with van der Waals surface area (Å²) in [6.07, 6.45) is 2.87. The van der Waals surface area contributed by atoms with Gasteiger partial charge in [0.1, 0.15) is 11.8 Å². The zero-order valence-corrected chi connectivity index (χ0v) is 16.0. The van der Waals surface area contributed by atoms with E-state index < -0.39 is 0 Å². The third kappa shape index (κ3) is 4.12. The van der Waals surface area contributed by atoms with Gasteiger partial charge < -0.3 is 4.74 Å². The number of carbonyl (C=O) groups excluding carboxylic acids is 1. The number of aromatic amines is 2. The molecule has 146 valence electrons. The Morgan fingerprint density at radius 2 is 2.07 bits per heavy atom. The van der Waals surface area contributed by atoms with Crippen LogP contribution in [0.4, 0.5) is 5.95 Å². The van der Waals surface area contributed by atoms with Crippen molar-refractivity contribution in [3.8, 4) is 11.3 Å². The smallest absolute Gasteiger partial charge is 0.276 e. The molecular formula is C20H24N6O2. The predicted molar refractivity (Wildman–Crippen MR) is 105 cm³/mol. The zero-order chi connectivity index (χ0) is 19.5. The molecule has 1 amide bonds. The molecule has 1 fully saturated rings. The van der Waals surface area contributed by atoms with Crippen LogP contribution in [0.1, 0.15) is 54.7 Å². The maximum atomic E-state index is 12.5. The minimum atomic E-state index is -0.340. The fraction of sp³-hybridized carbons (Fsp3) is 0.400. The summed E-state index contributed by atoms with van der Waals surface area (Å²) in [4.78, 5) is 16.8. The Labute approximate surface area is 163 Å². The van der Waals surface area contributed by atoms with E-state index >= 15 is 0 Å². The number of rotatable bonds is 6. The van der Waals surface area contributed by atoms with Gasteiger partial charge in [0.15, 0.2) is 5.82 Å². The number of nitrogens with one attached hydrogen (secondary N) is 3. The molecule has 3 N–H and O–H groups in total. The Balaban J connectivity index is 1.41. The van der Waals surface area contributed by atoms with Gasteiger partial charge in [0.05, 0.1) is 5.69 Å². The van der Waals surface area contributed by atoms with Gasteiger partial charge in [0.25, 0.3) is 5.91 Å². The van der Waals surface area contributed by atoms with Gasteiger partial charge in [-0.2, -0.15) is 10.1 Å². The molecule has 1 aliphatic heterocycles. The topological polar surface area (TPSA) is 109 Å². The standard InChI is InChI=1S/C20H24N6O2/c1-12(2)10-13-5-7-14(8-6-13)15-11-16(24-23-15)19(27)22-20-21-18(25-26-20)17-4-3-9-28-17/h5-8,11-12,17H,3-4,9-10H2,1-2H3,(H,23,24)(H2,21,22,25,26,27)/t17-/m1/s1. The molecule has 3 heterocycles. The van der Waals surface area contributed by atoms with Crippen LogP contribution in [0.3, 0.4) is 0 Å². The minimum absolute atomic E-state index is 0.0735. The first-order chi connectivity index (χ1) is 13.6. The Morgan fingerprint density at radius 1 is 1.25 bits per heavy atom. The molecule has 4 rings (SSSR count). The van der Waals surface area contributed by atoms with Gasteiger partial charge in [0, 0.05) is 12.2 Å². The molecule has 0 radical (unpaired) electrons. The molecule has 8 heteroatoms. The molecule has 1 aliphatic rings. The van der Waals surface area contributed by atoms with Crippen molar-refractivity contribution >= 4 is 11.9 Å². The molecule has 0 aliphatic carbocycles. The third-order valence-corrected chi connectivity index (χ3v) is 4.68. The van der Waals surface area contributed by atoms with Gasteiger partial charge in [0.2, 0.25) is 5.95 Å². The summed E-state index contributed by atoms with van der Waals surface area (Å²) in [7, 11) is 0. The minimum Gasteiger partial charge on any atom is -0.370 e. The second-order valence-corrected chi connectivity index (χ2v) is 7.46. The van der Waals surface area contributed by atoms with Crippen molar-refractivity contribution in [1.29, 1.82) is 0 Å². The molecule has 1 atom stereocenters. The van der Waals surface area contributed by atoms with E-state index in [1.807, 2.05) is 12.1 Å². The molecule has 2 aromatic heterocycles. The highest BCUT2D eigenvalue weighted by atomic mass is 16.5. The Hall–Kier alpha value is -3.00. The Bertz CT molecular complexity index is 938. The van der Waals surface area contributed by atoms with Crippen molar-refractivity contribution in [3.05, 3.63) is 47.4 Å². The number of carbonyl (C=O) groups is 1. The van der Waals surface area contributed by atoms with Crippen LogP contribution in [0.2, 0.25) is 0 Å². The fourth-order valence-corrected chi connectivity index (χ4v) is 3.31. The summed E-state index contributed by atoms with van der Waals surface area (Å²) in [5.41, 5.74) is 3.32. The molecule has 0 bridgehead atoms. The van der Waals surface area contributed by atoms with Crippen LogP contribution in [0.25, 0.3) is 11.3 Å². The summed E-state index contributed by atoms with van der Waals surface area (Å²) in [6.45, 7) is 5.12. The average Bonchev–Trinajstić information content (AvgIpc) is 3.43. The van der Waals surface area contributed by atoms with Gasteiger partial charge in [-0.05, 0) is 36.8 Å². The lowest BCUT2D eigenvalue weighted by molar-refractivity contribution is 0.101. The number of amides is 1. The van der Waals surface area contributed by atoms with Crippen molar-refractivity contribution in [2.45, 2.75) is 39.2 Å². The van der Waals surface area contributed by atoms with Crippen molar-refractivity contribution in [2.75, 3.05) is 11.9 Å².